The van der Waals surface area contributed by atoms with E-state index >= 15 is 0 Å². The lowest BCUT2D eigenvalue weighted by Gasteiger charge is -2.15. The van der Waals surface area contributed by atoms with Gasteiger partial charge in [0, 0.05) is 43.3 Å². The molecule has 2 amide bonds. The Bertz CT molecular complexity index is 687. The first kappa shape index (κ1) is 21.0. The number of aliphatic imine (C=N–C) groups is 1. The predicted molar refractivity (Wildman–Crippen MR) is 109 cm³/mol. The summed E-state index contributed by atoms with van der Waals surface area (Å²) in [6.07, 6.45) is 2.40. The highest BCUT2D eigenvalue weighted by Crippen LogP contribution is 2.22. The number of halogens is 1. The Morgan fingerprint density at radius 2 is 1.96 bits per heavy atom. The highest BCUT2D eigenvalue weighted by molar-refractivity contribution is 6.31. The summed E-state index contributed by atoms with van der Waals surface area (Å²) in [5.41, 5.74) is 1.56. The van der Waals surface area contributed by atoms with Gasteiger partial charge < -0.3 is 20.9 Å². The van der Waals surface area contributed by atoms with E-state index in [0.29, 0.717) is 29.8 Å². The molecule has 1 aromatic rings. The molecule has 27 heavy (non-hydrogen) atoms. The molecule has 2 rings (SSSR count). The first-order valence-corrected chi connectivity index (χ1v) is 9.74. The first-order chi connectivity index (χ1) is 13.0. The second-order valence-electron chi connectivity index (χ2n) is 6.42. The Kier molecular flexibility index (Phi) is 8.39. The van der Waals surface area contributed by atoms with E-state index in [1.807, 2.05) is 24.8 Å². The molecule has 0 unspecified atom stereocenters. The second kappa shape index (κ2) is 10.8. The molecule has 0 aromatic heterocycles. The molecule has 7 nitrogen and oxygen atoms in total. The molecule has 1 aromatic carbocycles. The zero-order chi connectivity index (χ0) is 19.6. The molecular formula is C19H28ClN5O2. The molecule has 1 aliphatic heterocycles. The Hall–Kier alpha value is -2.28. The first-order valence-electron chi connectivity index (χ1n) is 9.36. The highest BCUT2D eigenvalue weighted by atomic mass is 35.5. The number of amides is 2. The van der Waals surface area contributed by atoms with Gasteiger partial charge in [0.05, 0.1) is 0 Å². The maximum absolute atomic E-state index is 12.1. The van der Waals surface area contributed by atoms with Crippen LogP contribution < -0.4 is 16.0 Å². The van der Waals surface area contributed by atoms with Gasteiger partial charge in [-0.05, 0) is 44.4 Å². The lowest BCUT2D eigenvalue weighted by molar-refractivity contribution is -0.128. The van der Waals surface area contributed by atoms with Crippen LogP contribution in [0, 0.1) is 6.92 Å². The molecule has 1 saturated heterocycles. The van der Waals surface area contributed by atoms with Gasteiger partial charge in [-0.2, -0.15) is 0 Å². The van der Waals surface area contributed by atoms with Crippen LogP contribution in [0.3, 0.4) is 0 Å². The smallest absolute Gasteiger partial charge is 0.244 e. The van der Waals surface area contributed by atoms with Gasteiger partial charge in [-0.15, -0.1) is 0 Å². The fourth-order valence-corrected chi connectivity index (χ4v) is 2.98. The van der Waals surface area contributed by atoms with E-state index in [0.717, 1.165) is 31.5 Å². The molecule has 148 valence electrons. The van der Waals surface area contributed by atoms with Crippen molar-refractivity contribution in [2.45, 2.75) is 33.1 Å². The van der Waals surface area contributed by atoms with Gasteiger partial charge in [-0.25, -0.2) is 4.99 Å². The average molecular weight is 394 g/mol. The van der Waals surface area contributed by atoms with E-state index in [2.05, 4.69) is 20.9 Å². The third-order valence-corrected chi connectivity index (χ3v) is 4.77. The molecule has 0 saturated carbocycles. The van der Waals surface area contributed by atoms with E-state index in [1.165, 1.54) is 0 Å². The zero-order valence-electron chi connectivity index (χ0n) is 16.0. The molecule has 0 aliphatic carbocycles. The number of benzene rings is 1. The number of anilines is 1. The maximum Gasteiger partial charge on any atom is 0.244 e. The van der Waals surface area contributed by atoms with E-state index in [1.54, 1.807) is 12.1 Å². The van der Waals surface area contributed by atoms with E-state index in [-0.39, 0.29) is 24.8 Å². The van der Waals surface area contributed by atoms with Crippen LogP contribution in [0.5, 0.6) is 0 Å². The molecule has 8 heteroatoms. The normalized spacial score (nSPS) is 14.2. The van der Waals surface area contributed by atoms with Gasteiger partial charge in [0.15, 0.2) is 5.96 Å². The van der Waals surface area contributed by atoms with Gasteiger partial charge in [0.1, 0.15) is 6.54 Å². The van der Waals surface area contributed by atoms with E-state index in [4.69, 9.17) is 11.6 Å². The molecule has 0 radical (unpaired) electrons. The number of carbonyl (C=O) groups excluding carboxylic acids is 2. The van der Waals surface area contributed by atoms with Crippen molar-refractivity contribution in [3.63, 3.8) is 0 Å². The van der Waals surface area contributed by atoms with Crippen molar-refractivity contribution in [3.05, 3.63) is 28.8 Å². The van der Waals surface area contributed by atoms with Crippen LogP contribution in [-0.4, -0.2) is 55.4 Å². The largest absolute Gasteiger partial charge is 0.357 e. The van der Waals surface area contributed by atoms with Crippen molar-refractivity contribution in [1.29, 1.82) is 0 Å². The van der Waals surface area contributed by atoms with Crippen molar-refractivity contribution >= 4 is 35.1 Å². The van der Waals surface area contributed by atoms with Crippen LogP contribution in [0.2, 0.25) is 5.02 Å². The Labute approximate surface area is 165 Å². The summed E-state index contributed by atoms with van der Waals surface area (Å²) in [5, 5.41) is 9.66. The number of nitrogens with zero attached hydrogens (tertiary/aromatic N) is 2. The summed E-state index contributed by atoms with van der Waals surface area (Å²) >= 11 is 6.07. The number of guanidine groups is 1. The molecule has 1 fully saturated rings. The van der Waals surface area contributed by atoms with Crippen LogP contribution in [0.25, 0.3) is 0 Å². The number of carbonyl (C=O) groups is 2. The second-order valence-corrected chi connectivity index (χ2v) is 6.83. The Morgan fingerprint density at radius 1 is 1.22 bits per heavy atom. The summed E-state index contributed by atoms with van der Waals surface area (Å²) in [6, 6.07) is 5.41. The third kappa shape index (κ3) is 6.75. The van der Waals surface area contributed by atoms with Gasteiger partial charge in [-0.3, -0.25) is 9.59 Å². The van der Waals surface area contributed by atoms with Crippen molar-refractivity contribution in [2.24, 2.45) is 4.99 Å². The van der Waals surface area contributed by atoms with Gasteiger partial charge in [-0.1, -0.05) is 17.7 Å². The Balaban J connectivity index is 1.79. The lowest BCUT2D eigenvalue weighted by Crippen LogP contribution is -2.40. The van der Waals surface area contributed by atoms with Crippen molar-refractivity contribution < 1.29 is 9.59 Å². The lowest BCUT2D eigenvalue weighted by atomic mass is 10.2. The molecule has 0 atom stereocenters. The average Bonchev–Trinajstić information content (AvgIpc) is 3.18. The standard InChI is InChI=1S/C19H28ClN5O2/c1-3-21-19(23-13-18(27)25-11-4-5-12-25)22-10-9-17(26)24-16-8-6-7-15(20)14(16)2/h6-8H,3-5,9-13H2,1-2H3,(H,24,26)(H2,21,22,23). The van der Waals surface area contributed by atoms with Crippen molar-refractivity contribution in [2.75, 3.05) is 38.0 Å². The van der Waals surface area contributed by atoms with Crippen LogP contribution in [0.15, 0.2) is 23.2 Å². The van der Waals surface area contributed by atoms with Gasteiger partial charge >= 0.3 is 0 Å². The van der Waals surface area contributed by atoms with Crippen LogP contribution >= 0.6 is 11.6 Å². The highest BCUT2D eigenvalue weighted by Gasteiger charge is 2.17. The van der Waals surface area contributed by atoms with Crippen LogP contribution in [0.4, 0.5) is 5.69 Å². The maximum atomic E-state index is 12.1. The van der Waals surface area contributed by atoms with E-state index < -0.39 is 0 Å². The van der Waals surface area contributed by atoms with E-state index in [9.17, 15) is 9.59 Å². The minimum atomic E-state index is -0.114. The number of hydrogen-bond acceptors (Lipinski definition) is 3. The summed E-state index contributed by atoms with van der Waals surface area (Å²) in [6.45, 7) is 6.66. The summed E-state index contributed by atoms with van der Waals surface area (Å²) in [4.78, 5) is 30.4. The summed E-state index contributed by atoms with van der Waals surface area (Å²) in [5.74, 6) is 0.465. The Morgan fingerprint density at radius 3 is 2.67 bits per heavy atom. The fraction of sp³-hybridized carbons (Fsp3) is 0.526. The molecular weight excluding hydrogens is 366 g/mol. The monoisotopic (exact) mass is 393 g/mol. The number of likely N-dealkylation sites (tertiary alicyclic amines) is 1. The van der Waals surface area contributed by atoms with Gasteiger partial charge in [0.2, 0.25) is 11.8 Å². The van der Waals surface area contributed by atoms with Crippen molar-refractivity contribution in [1.82, 2.24) is 15.5 Å². The molecule has 1 aliphatic rings. The third-order valence-electron chi connectivity index (χ3n) is 4.36. The summed E-state index contributed by atoms with van der Waals surface area (Å²) in [7, 11) is 0. The molecule has 1 heterocycles. The van der Waals surface area contributed by atoms with Crippen molar-refractivity contribution in [3.8, 4) is 0 Å². The number of hydrogen-bond donors (Lipinski definition) is 3. The molecule has 3 N–H and O–H groups in total. The predicted octanol–water partition coefficient (Wildman–Crippen LogP) is 2.15. The zero-order valence-corrected chi connectivity index (χ0v) is 16.7. The molecule has 0 spiro atoms. The minimum Gasteiger partial charge on any atom is -0.357 e. The topological polar surface area (TPSA) is 85.8 Å². The minimum absolute atomic E-state index is 0.0406. The summed E-state index contributed by atoms with van der Waals surface area (Å²) < 4.78 is 0. The van der Waals surface area contributed by atoms with Crippen LogP contribution in [-0.2, 0) is 9.59 Å². The SMILES string of the molecule is CCNC(=NCC(=O)N1CCCC1)NCCC(=O)Nc1cccc(Cl)c1C. The van der Waals surface area contributed by atoms with Gasteiger partial charge in [0.25, 0.3) is 0 Å². The molecule has 0 bridgehead atoms. The fourth-order valence-electron chi connectivity index (χ4n) is 2.80. The van der Waals surface area contributed by atoms with Crippen LogP contribution in [0.1, 0.15) is 31.7 Å². The number of rotatable bonds is 7. The quantitative estimate of drug-likeness (QED) is 0.489. The number of nitrogens with one attached hydrogen (secondary N) is 3.